The van der Waals surface area contributed by atoms with Gasteiger partial charge in [0.25, 0.3) is 9.05 Å². The van der Waals surface area contributed by atoms with Crippen LogP contribution in [0.5, 0.6) is 0 Å². The Bertz CT molecular complexity index is 1070. The minimum absolute atomic E-state index is 0.0153. The number of aromatic nitrogens is 5. The highest BCUT2D eigenvalue weighted by Crippen LogP contribution is 2.27. The van der Waals surface area contributed by atoms with Gasteiger partial charge in [0, 0.05) is 20.4 Å². The Kier molecular flexibility index (Phi) is 2.91. The molecular weight excluding hydrogens is 340 g/mol. The fraction of sp³-hybridized carbons (Fsp3) is 0.0769. The third kappa shape index (κ3) is 3.01. The third-order valence-corrected chi connectivity index (χ3v) is 4.29. The van der Waals surface area contributed by atoms with Crippen LogP contribution >= 0.6 is 10.7 Å². The third-order valence-electron chi connectivity index (χ3n) is 2.94. The van der Waals surface area contributed by atoms with E-state index in [4.69, 9.17) is 20.5 Å². The molecular formula is C13H11ClN6O2S. The molecule has 2 heterocycles. The number of anilines is 1. The summed E-state index contributed by atoms with van der Waals surface area (Å²) in [5.41, 5.74) is 5.79. The zero-order chi connectivity index (χ0) is 19.1. The molecule has 0 aliphatic carbocycles. The molecule has 0 amide bonds. The molecule has 0 fully saturated rings. The van der Waals surface area contributed by atoms with Gasteiger partial charge < -0.3 is 5.73 Å². The molecule has 23 heavy (non-hydrogen) atoms. The van der Waals surface area contributed by atoms with E-state index in [1.165, 1.54) is 24.7 Å². The lowest BCUT2D eigenvalue weighted by atomic mass is 10.1. The lowest BCUT2D eigenvalue weighted by molar-refractivity contribution is 0.609. The van der Waals surface area contributed by atoms with Gasteiger partial charge in [-0.05, 0) is 24.5 Å². The molecule has 2 aromatic heterocycles. The Balaban J connectivity index is 2.27. The summed E-state index contributed by atoms with van der Waals surface area (Å²) in [7, 11) is 1.30. The molecule has 8 nitrogen and oxygen atoms in total. The monoisotopic (exact) mass is 353 g/mol. The summed E-state index contributed by atoms with van der Waals surface area (Å²) in [4.78, 5) is 9.07. The Morgan fingerprint density at radius 3 is 2.70 bits per heavy atom. The minimum Gasteiger partial charge on any atom is -0.380 e. The number of nitrogens with zero attached hydrogens (tertiary/aromatic N) is 5. The lowest BCUT2D eigenvalue weighted by Gasteiger charge is -2.09. The molecule has 118 valence electrons. The molecule has 3 rings (SSSR count). The van der Waals surface area contributed by atoms with E-state index in [0.717, 1.165) is 16.9 Å². The van der Waals surface area contributed by atoms with Gasteiger partial charge in [-0.3, -0.25) is 0 Å². The predicted octanol–water partition coefficient (Wildman–Crippen LogP) is 1.54. The van der Waals surface area contributed by atoms with Crippen molar-refractivity contribution in [2.45, 2.75) is 11.7 Å². The van der Waals surface area contributed by atoms with Crippen LogP contribution in [0.15, 0.2) is 41.7 Å². The zero-order valence-corrected chi connectivity index (χ0v) is 13.0. The average molecular weight is 354 g/mol. The lowest BCUT2D eigenvalue weighted by Crippen LogP contribution is -2.08. The second kappa shape index (κ2) is 5.60. The van der Waals surface area contributed by atoms with Crippen LogP contribution in [0.2, 0.25) is 0 Å². The van der Waals surface area contributed by atoms with Crippen molar-refractivity contribution in [2.75, 3.05) is 5.73 Å². The van der Waals surface area contributed by atoms with Gasteiger partial charge in [-0.25, -0.2) is 18.4 Å². The molecule has 2 N–H and O–H groups in total. The maximum absolute atomic E-state index is 11.6. The maximum Gasteiger partial charge on any atom is 0.261 e. The van der Waals surface area contributed by atoms with Crippen molar-refractivity contribution in [1.29, 1.82) is 0 Å². The largest absolute Gasteiger partial charge is 0.380 e. The number of hydrogen-bond donors (Lipinski definition) is 1. The first kappa shape index (κ1) is 12.0. The Morgan fingerprint density at radius 1 is 1.30 bits per heavy atom. The van der Waals surface area contributed by atoms with Crippen LogP contribution < -0.4 is 5.73 Å². The fourth-order valence-corrected chi connectivity index (χ4v) is 2.65. The van der Waals surface area contributed by atoms with Crippen LogP contribution in [0, 0.1) is 6.85 Å². The normalized spacial score (nSPS) is 14.0. The van der Waals surface area contributed by atoms with Gasteiger partial charge in [0.2, 0.25) is 5.82 Å². The number of aryl methyl sites for hydroxylation is 1. The summed E-state index contributed by atoms with van der Waals surface area (Å²) in [6.45, 7) is -2.52. The number of nitrogens with two attached hydrogens (primary N) is 1. The molecule has 0 unspecified atom stereocenters. The first-order chi connectivity index (χ1) is 12.1. The quantitative estimate of drug-likeness (QED) is 0.709. The first-order valence-corrected chi connectivity index (χ1v) is 8.47. The van der Waals surface area contributed by atoms with Gasteiger partial charge in [-0.15, -0.1) is 4.80 Å². The molecule has 0 aliphatic rings. The van der Waals surface area contributed by atoms with Crippen molar-refractivity contribution in [3.8, 4) is 17.1 Å². The van der Waals surface area contributed by atoms with E-state index in [2.05, 4.69) is 20.2 Å². The summed E-state index contributed by atoms with van der Waals surface area (Å²) in [5, 5.41) is 7.81. The Hall–Kier alpha value is -2.52. The van der Waals surface area contributed by atoms with Crippen molar-refractivity contribution in [3.63, 3.8) is 0 Å². The topological polar surface area (TPSA) is 117 Å². The highest BCUT2D eigenvalue weighted by Gasteiger charge is 2.15. The van der Waals surface area contributed by atoms with Crippen LogP contribution in [-0.2, 0) is 9.05 Å². The summed E-state index contributed by atoms with van der Waals surface area (Å²) >= 11 is 0. The second-order valence-electron chi connectivity index (χ2n) is 4.43. The van der Waals surface area contributed by atoms with Gasteiger partial charge in [-0.2, -0.15) is 10.2 Å². The van der Waals surface area contributed by atoms with Gasteiger partial charge in [0.05, 0.1) is 29.2 Å². The van der Waals surface area contributed by atoms with Crippen molar-refractivity contribution in [1.82, 2.24) is 25.0 Å². The number of hydrogen-bond acceptors (Lipinski definition) is 7. The van der Waals surface area contributed by atoms with E-state index < -0.39 is 15.9 Å². The fourth-order valence-electron chi connectivity index (χ4n) is 1.88. The SMILES string of the molecule is [2H]C([2H])([2H])c1ccc(S(=O)(=O)Cl)cc1-c1cnc(N)c(-n2nccn2)n1. The average Bonchev–Trinajstić information content (AvgIpc) is 3.07. The van der Waals surface area contributed by atoms with Gasteiger partial charge in [0.15, 0.2) is 5.82 Å². The molecule has 0 bridgehead atoms. The predicted molar refractivity (Wildman–Crippen MR) is 84.6 cm³/mol. The molecule has 3 aromatic rings. The van der Waals surface area contributed by atoms with Crippen molar-refractivity contribution < 1.29 is 12.5 Å². The number of nitrogen functional groups attached to an aromatic ring is 1. The smallest absolute Gasteiger partial charge is 0.261 e. The maximum atomic E-state index is 11.6. The van der Waals surface area contributed by atoms with E-state index in [1.54, 1.807) is 0 Å². The highest BCUT2D eigenvalue weighted by atomic mass is 35.7. The van der Waals surface area contributed by atoms with Crippen molar-refractivity contribution in [2.24, 2.45) is 0 Å². The van der Waals surface area contributed by atoms with Crippen molar-refractivity contribution >= 4 is 25.6 Å². The van der Waals surface area contributed by atoms with Gasteiger partial charge >= 0.3 is 0 Å². The minimum atomic E-state index is -4.07. The molecule has 1 aromatic carbocycles. The van der Waals surface area contributed by atoms with Crippen LogP contribution in [0.4, 0.5) is 5.82 Å². The molecule has 0 spiro atoms. The highest BCUT2D eigenvalue weighted by molar-refractivity contribution is 8.13. The van der Waals surface area contributed by atoms with Crippen LogP contribution in [-0.4, -0.2) is 33.4 Å². The summed E-state index contributed by atoms with van der Waals surface area (Å²) in [5.74, 6) is 0.0876. The number of benzene rings is 1. The van der Waals surface area contributed by atoms with Crippen LogP contribution in [0.1, 0.15) is 9.68 Å². The second-order valence-corrected chi connectivity index (χ2v) is 6.99. The molecule has 10 heteroatoms. The summed E-state index contributed by atoms with van der Waals surface area (Å²) in [6.07, 6.45) is 4.04. The van der Waals surface area contributed by atoms with E-state index >= 15 is 0 Å². The van der Waals surface area contributed by atoms with E-state index in [1.807, 2.05) is 0 Å². The van der Waals surface area contributed by atoms with E-state index in [0.29, 0.717) is 0 Å². The molecule has 0 aliphatic heterocycles. The standard InChI is InChI=1S/C13H11ClN6O2S/c1-8-2-3-9(23(14,21)22)6-10(8)11-7-16-12(15)13(19-11)20-17-4-5-18-20/h2-7H,1H3,(H2,15,16)/i1D3. The van der Waals surface area contributed by atoms with Crippen LogP contribution in [0.3, 0.4) is 0 Å². The molecule has 0 saturated carbocycles. The first-order valence-electron chi connectivity index (χ1n) is 7.66. The summed E-state index contributed by atoms with van der Waals surface area (Å²) < 4.78 is 46.3. The molecule has 0 atom stereocenters. The Labute approximate surface area is 140 Å². The zero-order valence-electron chi connectivity index (χ0n) is 14.4. The molecule has 0 radical (unpaired) electrons. The number of rotatable bonds is 3. The van der Waals surface area contributed by atoms with Gasteiger partial charge in [-0.1, -0.05) is 6.07 Å². The van der Waals surface area contributed by atoms with E-state index in [-0.39, 0.29) is 33.4 Å². The van der Waals surface area contributed by atoms with Crippen LogP contribution in [0.25, 0.3) is 17.1 Å². The van der Waals surface area contributed by atoms with Gasteiger partial charge in [0.1, 0.15) is 0 Å². The summed E-state index contributed by atoms with van der Waals surface area (Å²) in [6, 6.07) is 3.42. The Morgan fingerprint density at radius 2 is 2.04 bits per heavy atom. The van der Waals surface area contributed by atoms with E-state index in [9.17, 15) is 8.42 Å². The number of halogens is 1. The molecule has 0 saturated heterocycles. The van der Waals surface area contributed by atoms with Crippen molar-refractivity contribution in [3.05, 3.63) is 42.4 Å².